The van der Waals surface area contributed by atoms with Crippen molar-refractivity contribution in [3.63, 3.8) is 0 Å². The van der Waals surface area contributed by atoms with E-state index in [1.165, 1.54) is 18.2 Å². The van der Waals surface area contributed by atoms with Gasteiger partial charge >= 0.3 is 13.2 Å². The summed E-state index contributed by atoms with van der Waals surface area (Å²) in [6.07, 6.45) is 2.73. The van der Waals surface area contributed by atoms with Crippen LogP contribution in [0.2, 0.25) is 0 Å². The second-order valence-corrected chi connectivity index (χ2v) is 6.75. The van der Waals surface area contributed by atoms with Crippen molar-refractivity contribution in [3.8, 4) is 11.5 Å². The Morgan fingerprint density at radius 2 is 1.66 bits per heavy atom. The van der Waals surface area contributed by atoms with E-state index in [-0.39, 0.29) is 30.3 Å². The molecule has 2 aromatic rings. The summed E-state index contributed by atoms with van der Waals surface area (Å²) in [4.78, 5) is 0. The fraction of sp³-hybridized carbons (Fsp3) is 0.400. The standard InChI is InChI=1S/C20H22F4N2O2.ClH/c21-18(22)27-16-8-9-17(28-19(23)24)14(12-16)13-20(10-4-5-11-26(20)25)15-6-2-1-3-7-15;/h1-3,6-9,12,18-19H,4-5,10-11,13,25H2;1H. The third kappa shape index (κ3) is 5.52. The van der Waals surface area contributed by atoms with Crippen LogP contribution in [-0.2, 0) is 12.0 Å². The molecule has 0 saturated carbocycles. The predicted octanol–water partition coefficient (Wildman–Crippen LogP) is 5.11. The van der Waals surface area contributed by atoms with Crippen molar-refractivity contribution < 1.29 is 27.0 Å². The number of nitrogens with two attached hydrogens (primary N) is 1. The Hall–Kier alpha value is -2.03. The van der Waals surface area contributed by atoms with Gasteiger partial charge in [-0.05, 0) is 43.0 Å². The molecule has 9 heteroatoms. The second kappa shape index (κ2) is 10.1. The molecular formula is C20H23ClF4N2O2. The summed E-state index contributed by atoms with van der Waals surface area (Å²) < 4.78 is 60.1. The maximum absolute atomic E-state index is 12.9. The molecule has 0 spiro atoms. The Balaban J connectivity index is 0.00000300. The summed E-state index contributed by atoms with van der Waals surface area (Å²) in [6, 6.07) is 13.2. The average molecular weight is 435 g/mol. The Bertz CT molecular complexity index is 782. The van der Waals surface area contributed by atoms with E-state index in [0.717, 1.165) is 18.4 Å². The first-order valence-electron chi connectivity index (χ1n) is 9.01. The average Bonchev–Trinajstić information content (AvgIpc) is 2.65. The van der Waals surface area contributed by atoms with Crippen LogP contribution in [0.5, 0.6) is 11.5 Å². The number of piperidine rings is 1. The normalized spacial score (nSPS) is 19.8. The topological polar surface area (TPSA) is 47.7 Å². The molecule has 1 fully saturated rings. The first-order chi connectivity index (χ1) is 13.4. The lowest BCUT2D eigenvalue weighted by Gasteiger charge is -2.45. The van der Waals surface area contributed by atoms with E-state index in [1.54, 1.807) is 5.01 Å². The first kappa shape index (κ1) is 23.3. The van der Waals surface area contributed by atoms with Crippen LogP contribution in [0.3, 0.4) is 0 Å². The molecule has 0 aromatic heterocycles. The number of halogens is 5. The highest BCUT2D eigenvalue weighted by atomic mass is 35.5. The van der Waals surface area contributed by atoms with Gasteiger partial charge in [-0.1, -0.05) is 30.3 Å². The van der Waals surface area contributed by atoms with Gasteiger partial charge in [0.05, 0.1) is 5.54 Å². The van der Waals surface area contributed by atoms with Gasteiger partial charge in [0, 0.05) is 18.5 Å². The quantitative estimate of drug-likeness (QED) is 0.486. The largest absolute Gasteiger partial charge is 0.435 e. The van der Waals surface area contributed by atoms with E-state index in [2.05, 4.69) is 9.47 Å². The van der Waals surface area contributed by atoms with Crippen LogP contribution < -0.4 is 15.3 Å². The molecule has 1 saturated heterocycles. The molecule has 1 aliphatic rings. The van der Waals surface area contributed by atoms with E-state index < -0.39 is 18.8 Å². The number of hydrogen-bond donors (Lipinski definition) is 1. The summed E-state index contributed by atoms with van der Waals surface area (Å²) in [6.45, 7) is -5.42. The minimum Gasteiger partial charge on any atom is -0.435 e. The van der Waals surface area contributed by atoms with E-state index >= 15 is 0 Å². The zero-order valence-electron chi connectivity index (χ0n) is 15.6. The Kier molecular flexibility index (Phi) is 8.13. The van der Waals surface area contributed by atoms with Crippen LogP contribution in [0.15, 0.2) is 48.5 Å². The Labute approximate surface area is 173 Å². The van der Waals surface area contributed by atoms with E-state index in [1.807, 2.05) is 30.3 Å². The van der Waals surface area contributed by atoms with Crippen molar-refractivity contribution in [2.24, 2.45) is 5.84 Å². The molecule has 1 heterocycles. The number of hydrogen-bond acceptors (Lipinski definition) is 4. The van der Waals surface area contributed by atoms with Crippen LogP contribution in [0.1, 0.15) is 30.4 Å². The van der Waals surface area contributed by atoms with Crippen molar-refractivity contribution >= 4 is 12.4 Å². The highest BCUT2D eigenvalue weighted by molar-refractivity contribution is 5.85. The van der Waals surface area contributed by atoms with Gasteiger partial charge in [0.1, 0.15) is 11.5 Å². The number of ether oxygens (including phenoxy) is 2. The van der Waals surface area contributed by atoms with Crippen LogP contribution >= 0.6 is 12.4 Å². The van der Waals surface area contributed by atoms with Crippen LogP contribution in [0, 0.1) is 0 Å². The third-order valence-corrected chi connectivity index (χ3v) is 5.06. The predicted molar refractivity (Wildman–Crippen MR) is 104 cm³/mol. The summed E-state index contributed by atoms with van der Waals surface area (Å²) in [5, 5.41) is 1.71. The Morgan fingerprint density at radius 3 is 2.28 bits per heavy atom. The lowest BCUT2D eigenvalue weighted by molar-refractivity contribution is -0.0540. The second-order valence-electron chi connectivity index (χ2n) is 6.75. The number of alkyl halides is 4. The van der Waals surface area contributed by atoms with Crippen LogP contribution in [-0.4, -0.2) is 24.8 Å². The molecule has 160 valence electrons. The van der Waals surface area contributed by atoms with Gasteiger partial charge in [0.2, 0.25) is 0 Å². The van der Waals surface area contributed by atoms with Crippen molar-refractivity contribution in [1.29, 1.82) is 0 Å². The number of hydrazine groups is 1. The van der Waals surface area contributed by atoms with Gasteiger partial charge < -0.3 is 9.47 Å². The molecule has 2 aromatic carbocycles. The molecule has 29 heavy (non-hydrogen) atoms. The minimum absolute atomic E-state index is 0. The smallest absolute Gasteiger partial charge is 0.387 e. The number of rotatable bonds is 7. The van der Waals surface area contributed by atoms with Crippen molar-refractivity contribution in [2.75, 3.05) is 6.54 Å². The first-order valence-corrected chi connectivity index (χ1v) is 9.01. The molecule has 1 atom stereocenters. The van der Waals surface area contributed by atoms with E-state index in [4.69, 9.17) is 5.84 Å². The third-order valence-electron chi connectivity index (χ3n) is 5.06. The molecule has 1 unspecified atom stereocenters. The number of benzene rings is 2. The zero-order valence-corrected chi connectivity index (χ0v) is 16.4. The molecule has 0 aliphatic carbocycles. The summed E-state index contributed by atoms with van der Waals surface area (Å²) in [7, 11) is 0. The fourth-order valence-electron chi connectivity index (χ4n) is 3.80. The van der Waals surface area contributed by atoms with Gasteiger partial charge in [-0.3, -0.25) is 5.84 Å². The molecule has 2 N–H and O–H groups in total. The van der Waals surface area contributed by atoms with Crippen molar-refractivity contribution in [1.82, 2.24) is 5.01 Å². The monoisotopic (exact) mass is 434 g/mol. The molecule has 0 bridgehead atoms. The van der Waals surface area contributed by atoms with Gasteiger partial charge in [0.15, 0.2) is 0 Å². The molecule has 0 amide bonds. The maximum Gasteiger partial charge on any atom is 0.387 e. The highest BCUT2D eigenvalue weighted by Gasteiger charge is 2.40. The highest BCUT2D eigenvalue weighted by Crippen LogP contribution is 2.41. The Morgan fingerprint density at radius 1 is 0.966 bits per heavy atom. The van der Waals surface area contributed by atoms with Gasteiger partial charge in [-0.2, -0.15) is 17.6 Å². The lowest BCUT2D eigenvalue weighted by atomic mass is 9.77. The molecule has 4 nitrogen and oxygen atoms in total. The van der Waals surface area contributed by atoms with Crippen molar-refractivity contribution in [2.45, 2.75) is 44.4 Å². The molecule has 3 rings (SSSR count). The molecular weight excluding hydrogens is 412 g/mol. The van der Waals surface area contributed by atoms with Gasteiger partial charge in [-0.25, -0.2) is 5.01 Å². The van der Waals surface area contributed by atoms with Crippen LogP contribution in [0.4, 0.5) is 17.6 Å². The fourth-order valence-corrected chi connectivity index (χ4v) is 3.80. The maximum atomic E-state index is 12.9. The van der Waals surface area contributed by atoms with Gasteiger partial charge in [-0.15, -0.1) is 12.4 Å². The number of nitrogens with zero attached hydrogens (tertiary/aromatic N) is 1. The van der Waals surface area contributed by atoms with Gasteiger partial charge in [0.25, 0.3) is 0 Å². The SMILES string of the molecule is Cl.NN1CCCCC1(Cc1cc(OC(F)F)ccc1OC(F)F)c1ccccc1. The van der Waals surface area contributed by atoms with E-state index in [0.29, 0.717) is 18.5 Å². The molecule has 0 radical (unpaired) electrons. The molecule has 1 aliphatic heterocycles. The zero-order chi connectivity index (χ0) is 20.1. The van der Waals surface area contributed by atoms with Crippen molar-refractivity contribution in [3.05, 3.63) is 59.7 Å². The summed E-state index contributed by atoms with van der Waals surface area (Å²) in [5.41, 5.74) is 0.600. The minimum atomic E-state index is -3.03. The summed E-state index contributed by atoms with van der Waals surface area (Å²) in [5.74, 6) is 6.16. The summed E-state index contributed by atoms with van der Waals surface area (Å²) >= 11 is 0. The van der Waals surface area contributed by atoms with Crippen LogP contribution in [0.25, 0.3) is 0 Å². The van der Waals surface area contributed by atoms with E-state index in [9.17, 15) is 17.6 Å². The lowest BCUT2D eigenvalue weighted by Crippen LogP contribution is -2.54.